The van der Waals surface area contributed by atoms with Gasteiger partial charge in [-0.25, -0.2) is 0 Å². The second kappa shape index (κ2) is 4.48. The largest absolute Gasteiger partial charge is 0.371 e. The van der Waals surface area contributed by atoms with Gasteiger partial charge >= 0.3 is 0 Å². The fourth-order valence-electron chi connectivity index (χ4n) is 2.63. The van der Waals surface area contributed by atoms with Crippen molar-refractivity contribution in [2.45, 2.75) is 45.7 Å². The van der Waals surface area contributed by atoms with Gasteiger partial charge in [0.1, 0.15) is 5.84 Å². The second-order valence-corrected chi connectivity index (χ2v) is 7.25. The number of nitrogens with one attached hydrogen (secondary N) is 2. The van der Waals surface area contributed by atoms with Crippen LogP contribution < -0.4 is 10.6 Å². The van der Waals surface area contributed by atoms with Crippen LogP contribution in [0.2, 0.25) is 0 Å². The van der Waals surface area contributed by atoms with Gasteiger partial charge in [0.05, 0.1) is 22.5 Å². The normalized spacial score (nSPS) is 19.0. The fraction of sp³-hybridized carbons (Fsp3) is 0.389. The van der Waals surface area contributed by atoms with Gasteiger partial charge in [0.25, 0.3) is 0 Å². The van der Waals surface area contributed by atoms with E-state index in [0.717, 1.165) is 17.2 Å². The van der Waals surface area contributed by atoms with Crippen molar-refractivity contribution in [3.8, 4) is 0 Å². The summed E-state index contributed by atoms with van der Waals surface area (Å²) in [5.41, 5.74) is 1.92. The van der Waals surface area contributed by atoms with Crippen molar-refractivity contribution < 1.29 is 0 Å². The molecule has 0 saturated heterocycles. The number of benzene rings is 2. The molecule has 0 atom stereocenters. The first-order valence-corrected chi connectivity index (χ1v) is 7.43. The molecule has 0 radical (unpaired) electrons. The van der Waals surface area contributed by atoms with Crippen molar-refractivity contribution in [1.82, 2.24) is 0 Å². The quantitative estimate of drug-likeness (QED) is 0.737. The number of hydrogen-bond donors (Lipinski definition) is 2. The summed E-state index contributed by atoms with van der Waals surface area (Å²) in [4.78, 5) is 4.84. The summed E-state index contributed by atoms with van der Waals surface area (Å²) in [5, 5.41) is 9.62. The van der Waals surface area contributed by atoms with Crippen LogP contribution in [-0.2, 0) is 0 Å². The fourth-order valence-corrected chi connectivity index (χ4v) is 2.63. The minimum atomic E-state index is -0.206. The number of nitrogens with zero attached hydrogens (tertiary/aromatic N) is 1. The average molecular weight is 281 g/mol. The summed E-state index contributed by atoms with van der Waals surface area (Å²) < 4.78 is 0. The van der Waals surface area contributed by atoms with Crippen LogP contribution in [0.25, 0.3) is 10.8 Å². The molecule has 2 N–H and O–H groups in total. The van der Waals surface area contributed by atoms with Crippen molar-refractivity contribution in [2.24, 2.45) is 4.99 Å². The number of hydrogen-bond acceptors (Lipinski definition) is 2. The SMILES string of the molecule is CC(C)(C)N=C1Nc2cc3ccccc3cc2NC1(C)C. The van der Waals surface area contributed by atoms with Crippen molar-refractivity contribution in [3.63, 3.8) is 0 Å². The summed E-state index contributed by atoms with van der Waals surface area (Å²) >= 11 is 0. The Balaban J connectivity index is 2.11. The van der Waals surface area contributed by atoms with Crippen molar-refractivity contribution >= 4 is 28.0 Å². The van der Waals surface area contributed by atoms with E-state index in [1.807, 2.05) is 0 Å². The second-order valence-electron chi connectivity index (χ2n) is 7.25. The third-order valence-electron chi connectivity index (χ3n) is 3.63. The van der Waals surface area contributed by atoms with E-state index in [4.69, 9.17) is 4.99 Å². The zero-order valence-corrected chi connectivity index (χ0v) is 13.4. The molecule has 2 aromatic rings. The summed E-state index contributed by atoms with van der Waals surface area (Å²) in [7, 11) is 0. The lowest BCUT2D eigenvalue weighted by Gasteiger charge is -2.37. The molecule has 110 valence electrons. The Kier molecular flexibility index (Phi) is 2.97. The molecule has 0 bridgehead atoms. The first-order valence-electron chi connectivity index (χ1n) is 7.43. The van der Waals surface area contributed by atoms with Crippen LogP contribution in [0.15, 0.2) is 41.4 Å². The summed E-state index contributed by atoms with van der Waals surface area (Å²) in [6.07, 6.45) is 0. The molecule has 0 aromatic heterocycles. The topological polar surface area (TPSA) is 36.4 Å². The maximum atomic E-state index is 4.84. The highest BCUT2D eigenvalue weighted by Crippen LogP contribution is 2.35. The molecule has 1 aliphatic heterocycles. The highest BCUT2D eigenvalue weighted by Gasteiger charge is 2.32. The van der Waals surface area contributed by atoms with Crippen molar-refractivity contribution in [2.75, 3.05) is 10.6 Å². The van der Waals surface area contributed by atoms with Gasteiger partial charge in [0, 0.05) is 0 Å². The lowest BCUT2D eigenvalue weighted by molar-refractivity contribution is 0.572. The van der Waals surface area contributed by atoms with Crippen LogP contribution in [0.1, 0.15) is 34.6 Å². The highest BCUT2D eigenvalue weighted by molar-refractivity contribution is 6.11. The summed E-state index contributed by atoms with van der Waals surface area (Å²) in [5.74, 6) is 0.984. The Hall–Kier alpha value is -2.03. The van der Waals surface area contributed by atoms with Gasteiger partial charge in [-0.2, -0.15) is 0 Å². The number of anilines is 2. The number of amidine groups is 1. The standard InChI is InChI=1S/C18H23N3/c1-17(2,3)21-16-18(4,5)20-15-11-13-9-7-6-8-12(13)10-14(15)19-16/h6-11,20H,1-5H3,(H,19,21). The molecule has 1 aliphatic rings. The van der Waals surface area contributed by atoms with Gasteiger partial charge < -0.3 is 10.6 Å². The zero-order chi connectivity index (χ0) is 15.3. The smallest absolute Gasteiger partial charge is 0.127 e. The maximum absolute atomic E-state index is 4.84. The molecule has 0 amide bonds. The van der Waals surface area contributed by atoms with E-state index in [0.29, 0.717) is 0 Å². The lowest BCUT2D eigenvalue weighted by Crippen LogP contribution is -2.48. The lowest BCUT2D eigenvalue weighted by atomic mass is 9.96. The molecular formula is C18H23N3. The minimum absolute atomic E-state index is 0.102. The first kappa shape index (κ1) is 13.9. The number of rotatable bonds is 0. The molecule has 3 heteroatoms. The third-order valence-corrected chi connectivity index (χ3v) is 3.63. The Labute approximate surface area is 126 Å². The minimum Gasteiger partial charge on any atom is -0.371 e. The molecule has 0 aliphatic carbocycles. The van der Waals surface area contributed by atoms with Crippen LogP contribution in [0.3, 0.4) is 0 Å². The van der Waals surface area contributed by atoms with Gasteiger partial charge in [-0.3, -0.25) is 4.99 Å². The van der Waals surface area contributed by atoms with Crippen molar-refractivity contribution in [1.29, 1.82) is 0 Å². The van der Waals surface area contributed by atoms with Gasteiger partial charge in [0.2, 0.25) is 0 Å². The van der Waals surface area contributed by atoms with E-state index >= 15 is 0 Å². The predicted molar refractivity (Wildman–Crippen MR) is 92.5 cm³/mol. The van der Waals surface area contributed by atoms with Crippen LogP contribution in [0.4, 0.5) is 11.4 Å². The van der Waals surface area contributed by atoms with E-state index < -0.39 is 0 Å². The molecule has 0 unspecified atom stereocenters. The maximum Gasteiger partial charge on any atom is 0.127 e. The Bertz CT molecular complexity index is 721. The third kappa shape index (κ3) is 2.73. The van der Waals surface area contributed by atoms with E-state index in [2.05, 4.69) is 81.7 Å². The van der Waals surface area contributed by atoms with Crippen LogP contribution in [-0.4, -0.2) is 16.9 Å². The van der Waals surface area contributed by atoms with Gasteiger partial charge in [-0.05, 0) is 57.5 Å². The van der Waals surface area contributed by atoms with Crippen LogP contribution >= 0.6 is 0 Å². The predicted octanol–water partition coefficient (Wildman–Crippen LogP) is 4.65. The Morgan fingerprint density at radius 3 is 2.10 bits per heavy atom. The number of aliphatic imine (C=N–C) groups is 1. The monoisotopic (exact) mass is 281 g/mol. The molecule has 0 saturated carbocycles. The van der Waals surface area contributed by atoms with E-state index in [-0.39, 0.29) is 11.1 Å². The van der Waals surface area contributed by atoms with Gasteiger partial charge in [-0.15, -0.1) is 0 Å². The molecule has 21 heavy (non-hydrogen) atoms. The first-order chi connectivity index (χ1) is 9.74. The molecule has 3 rings (SSSR count). The Morgan fingerprint density at radius 2 is 1.52 bits per heavy atom. The van der Waals surface area contributed by atoms with E-state index in [1.165, 1.54) is 10.8 Å². The number of fused-ring (bicyclic) bond motifs is 2. The van der Waals surface area contributed by atoms with Gasteiger partial charge in [-0.1, -0.05) is 24.3 Å². The van der Waals surface area contributed by atoms with E-state index in [1.54, 1.807) is 0 Å². The summed E-state index contributed by atoms with van der Waals surface area (Å²) in [6, 6.07) is 12.8. The van der Waals surface area contributed by atoms with E-state index in [9.17, 15) is 0 Å². The molecule has 0 spiro atoms. The highest BCUT2D eigenvalue weighted by atomic mass is 15.2. The van der Waals surface area contributed by atoms with Gasteiger partial charge in [0.15, 0.2) is 0 Å². The molecule has 2 aromatic carbocycles. The average Bonchev–Trinajstić information content (AvgIpc) is 2.35. The molecular weight excluding hydrogens is 258 g/mol. The molecule has 1 heterocycles. The zero-order valence-electron chi connectivity index (χ0n) is 13.4. The van der Waals surface area contributed by atoms with Crippen molar-refractivity contribution in [3.05, 3.63) is 36.4 Å². The Morgan fingerprint density at radius 1 is 0.952 bits per heavy atom. The molecule has 3 nitrogen and oxygen atoms in total. The van der Waals surface area contributed by atoms with Crippen LogP contribution in [0, 0.1) is 0 Å². The molecule has 0 fully saturated rings. The summed E-state index contributed by atoms with van der Waals surface area (Å²) in [6.45, 7) is 10.7. The van der Waals surface area contributed by atoms with Crippen LogP contribution in [0.5, 0.6) is 0 Å².